The summed E-state index contributed by atoms with van der Waals surface area (Å²) in [5, 5.41) is 4.48. The van der Waals surface area contributed by atoms with Gasteiger partial charge in [-0.3, -0.25) is 19.1 Å². The number of hydrogen-bond acceptors (Lipinski definition) is 5. The topological polar surface area (TPSA) is 72.8 Å². The second-order valence-electron chi connectivity index (χ2n) is 9.95. The Morgan fingerprint density at radius 1 is 1.08 bits per heavy atom. The fraction of sp³-hybridized carbons (Fsp3) is 0.448. The number of nitrogens with zero attached hydrogens (tertiary/aromatic N) is 2. The molecule has 2 aliphatic rings. The average Bonchev–Trinajstić information content (AvgIpc) is 3.59. The summed E-state index contributed by atoms with van der Waals surface area (Å²) in [5.74, 6) is 0.602. The first-order valence-electron chi connectivity index (χ1n) is 13.0. The number of carbonyl (C=O) groups excluding carboxylic acids is 1. The molecule has 2 fully saturated rings. The third kappa shape index (κ3) is 5.47. The maximum atomic E-state index is 13.5. The summed E-state index contributed by atoms with van der Waals surface area (Å²) < 4.78 is 13.0. The van der Waals surface area contributed by atoms with Crippen molar-refractivity contribution in [3.8, 4) is 11.4 Å². The maximum absolute atomic E-state index is 13.5. The number of rotatable bonds is 10. The van der Waals surface area contributed by atoms with Crippen LogP contribution in [0, 0.1) is 6.92 Å². The number of carbonyl (C=O) groups is 1. The second-order valence-corrected chi connectivity index (χ2v) is 9.95. The molecule has 7 nitrogen and oxygen atoms in total. The highest BCUT2D eigenvalue weighted by molar-refractivity contribution is 5.95. The molecule has 1 amide bonds. The molecule has 2 heterocycles. The van der Waals surface area contributed by atoms with Crippen LogP contribution in [0.2, 0.25) is 0 Å². The van der Waals surface area contributed by atoms with E-state index in [1.165, 1.54) is 12.8 Å². The van der Waals surface area contributed by atoms with Gasteiger partial charge in [-0.25, -0.2) is 0 Å². The van der Waals surface area contributed by atoms with Crippen molar-refractivity contribution in [1.29, 1.82) is 0 Å². The molecule has 3 aromatic rings. The van der Waals surface area contributed by atoms with Crippen LogP contribution in [-0.4, -0.2) is 60.9 Å². The van der Waals surface area contributed by atoms with E-state index in [1.807, 2.05) is 43.3 Å². The van der Waals surface area contributed by atoms with E-state index in [0.717, 1.165) is 49.9 Å². The normalized spacial score (nSPS) is 18.0. The van der Waals surface area contributed by atoms with Crippen LogP contribution in [0.1, 0.15) is 48.0 Å². The van der Waals surface area contributed by atoms with Gasteiger partial charge in [-0.1, -0.05) is 12.1 Å². The summed E-state index contributed by atoms with van der Waals surface area (Å²) in [7, 11) is 1.75. The lowest BCUT2D eigenvalue weighted by Crippen LogP contribution is -2.33. The van der Waals surface area contributed by atoms with Crippen LogP contribution < -0.4 is 15.6 Å². The summed E-state index contributed by atoms with van der Waals surface area (Å²) >= 11 is 0. The fourth-order valence-corrected chi connectivity index (χ4v) is 5.06. The van der Waals surface area contributed by atoms with Crippen molar-refractivity contribution in [1.82, 2.24) is 14.8 Å². The number of pyridine rings is 1. The summed E-state index contributed by atoms with van der Waals surface area (Å²) in [6.45, 7) is 5.27. The summed E-state index contributed by atoms with van der Waals surface area (Å²) in [6.07, 6.45) is 7.32. The van der Waals surface area contributed by atoms with Crippen LogP contribution in [0.3, 0.4) is 0 Å². The smallest absolute Gasteiger partial charge is 0.263 e. The minimum absolute atomic E-state index is 0.0919. The van der Waals surface area contributed by atoms with Crippen LogP contribution in [-0.2, 0) is 4.74 Å². The standard InChI is InChI=1S/C29H35N3O4/c1-20-5-6-22(28(33)30-23-8-9-23)18-27(20)32-14-11-21-7-10-25(19-26(21)29(32)34)36-17-15-31-13-3-4-24(31)12-16-35-2/h5-7,10-11,14,18-19,23-24H,3-4,8-9,12-13,15-17H2,1-2H3,(H,30,33)/t24-/m0/s1. The molecule has 2 aromatic carbocycles. The van der Waals surface area contributed by atoms with Gasteiger partial charge in [0.25, 0.3) is 11.5 Å². The monoisotopic (exact) mass is 489 g/mol. The average molecular weight is 490 g/mol. The lowest BCUT2D eigenvalue weighted by atomic mass is 10.1. The Balaban J connectivity index is 1.33. The molecule has 190 valence electrons. The van der Waals surface area contributed by atoms with Crippen LogP contribution in [0.15, 0.2) is 53.5 Å². The van der Waals surface area contributed by atoms with Crippen molar-refractivity contribution in [2.75, 3.05) is 33.4 Å². The highest BCUT2D eigenvalue weighted by Crippen LogP contribution is 2.23. The molecule has 36 heavy (non-hydrogen) atoms. The van der Waals surface area contributed by atoms with Gasteiger partial charge in [0.15, 0.2) is 0 Å². The van der Waals surface area contributed by atoms with E-state index in [0.29, 0.717) is 35.0 Å². The van der Waals surface area contributed by atoms with Gasteiger partial charge in [0, 0.05) is 44.1 Å². The quantitative estimate of drug-likeness (QED) is 0.465. The van der Waals surface area contributed by atoms with E-state index in [2.05, 4.69) is 10.2 Å². The Labute approximate surface area is 212 Å². The molecule has 1 aliphatic carbocycles. The third-order valence-corrected chi connectivity index (χ3v) is 7.32. The number of aromatic nitrogens is 1. The van der Waals surface area contributed by atoms with E-state index >= 15 is 0 Å². The SMILES string of the molecule is COCC[C@@H]1CCCN1CCOc1ccc2ccn(-c3cc(C(=O)NC4CC4)ccc3C)c(=O)c2c1. The van der Waals surface area contributed by atoms with Gasteiger partial charge in [0.05, 0.1) is 11.1 Å². The van der Waals surface area contributed by atoms with Crippen LogP contribution in [0.4, 0.5) is 0 Å². The molecule has 1 aromatic heterocycles. The van der Waals surface area contributed by atoms with E-state index in [4.69, 9.17) is 9.47 Å². The number of aryl methyl sites for hydroxylation is 1. The maximum Gasteiger partial charge on any atom is 0.263 e. The Morgan fingerprint density at radius 2 is 1.94 bits per heavy atom. The minimum atomic E-state index is -0.125. The van der Waals surface area contributed by atoms with Crippen molar-refractivity contribution in [2.24, 2.45) is 0 Å². The van der Waals surface area contributed by atoms with Gasteiger partial charge in [-0.15, -0.1) is 0 Å². The Kier molecular flexibility index (Phi) is 7.39. The number of likely N-dealkylation sites (tertiary alicyclic amines) is 1. The zero-order valence-corrected chi connectivity index (χ0v) is 21.2. The Morgan fingerprint density at radius 3 is 2.75 bits per heavy atom. The predicted molar refractivity (Wildman–Crippen MR) is 141 cm³/mol. The van der Waals surface area contributed by atoms with Crippen molar-refractivity contribution >= 4 is 16.7 Å². The van der Waals surface area contributed by atoms with E-state index < -0.39 is 0 Å². The van der Waals surface area contributed by atoms with E-state index in [9.17, 15) is 9.59 Å². The largest absolute Gasteiger partial charge is 0.492 e. The second kappa shape index (κ2) is 10.8. The highest BCUT2D eigenvalue weighted by atomic mass is 16.5. The van der Waals surface area contributed by atoms with Gasteiger partial charge in [0.1, 0.15) is 12.4 Å². The van der Waals surface area contributed by atoms with Crippen LogP contribution in [0.5, 0.6) is 5.75 Å². The van der Waals surface area contributed by atoms with Gasteiger partial charge in [-0.05, 0) is 86.9 Å². The van der Waals surface area contributed by atoms with Crippen LogP contribution >= 0.6 is 0 Å². The number of hydrogen-bond donors (Lipinski definition) is 1. The minimum Gasteiger partial charge on any atom is -0.492 e. The summed E-state index contributed by atoms with van der Waals surface area (Å²) in [6, 6.07) is 14.0. The molecule has 0 spiro atoms. The van der Waals surface area contributed by atoms with Gasteiger partial charge in [-0.2, -0.15) is 0 Å². The van der Waals surface area contributed by atoms with Crippen LogP contribution in [0.25, 0.3) is 16.5 Å². The summed E-state index contributed by atoms with van der Waals surface area (Å²) in [4.78, 5) is 28.6. The summed E-state index contributed by atoms with van der Waals surface area (Å²) in [5.41, 5.74) is 2.09. The van der Waals surface area contributed by atoms with Gasteiger partial charge >= 0.3 is 0 Å². The van der Waals surface area contributed by atoms with Crippen molar-refractivity contribution < 1.29 is 14.3 Å². The third-order valence-electron chi connectivity index (χ3n) is 7.32. The van der Waals surface area contributed by atoms with Crippen molar-refractivity contribution in [2.45, 2.75) is 51.1 Å². The lowest BCUT2D eigenvalue weighted by Gasteiger charge is -2.24. The Bertz CT molecular complexity index is 1300. The van der Waals surface area contributed by atoms with Gasteiger partial charge in [0.2, 0.25) is 0 Å². The molecule has 1 saturated carbocycles. The number of benzene rings is 2. The van der Waals surface area contributed by atoms with Crippen molar-refractivity contribution in [3.05, 3.63) is 70.1 Å². The van der Waals surface area contributed by atoms with Gasteiger partial charge < -0.3 is 14.8 Å². The zero-order valence-electron chi connectivity index (χ0n) is 21.2. The molecule has 0 unspecified atom stereocenters. The molecule has 0 bridgehead atoms. The predicted octanol–water partition coefficient (Wildman–Crippen LogP) is 4.07. The molecule has 5 rings (SSSR count). The molecule has 1 N–H and O–H groups in total. The number of methoxy groups -OCH3 is 1. The van der Waals surface area contributed by atoms with E-state index in [1.54, 1.807) is 23.9 Å². The lowest BCUT2D eigenvalue weighted by molar-refractivity contribution is 0.0951. The Hall–Kier alpha value is -3.16. The molecular weight excluding hydrogens is 454 g/mol. The number of fused-ring (bicyclic) bond motifs is 1. The molecule has 0 radical (unpaired) electrons. The number of ether oxygens (including phenoxy) is 2. The number of nitrogens with one attached hydrogen (secondary N) is 1. The first kappa shape index (κ1) is 24.5. The first-order valence-corrected chi connectivity index (χ1v) is 13.0. The van der Waals surface area contributed by atoms with E-state index in [-0.39, 0.29) is 17.5 Å². The highest BCUT2D eigenvalue weighted by Gasteiger charge is 2.25. The molecule has 1 atom stereocenters. The molecule has 1 saturated heterocycles. The fourth-order valence-electron chi connectivity index (χ4n) is 5.06. The molecule has 7 heteroatoms. The first-order chi connectivity index (χ1) is 17.5. The number of amides is 1. The molecule has 1 aliphatic heterocycles. The zero-order chi connectivity index (χ0) is 25.1. The van der Waals surface area contributed by atoms with Crippen molar-refractivity contribution in [3.63, 3.8) is 0 Å². The molecular formula is C29H35N3O4.